The van der Waals surface area contributed by atoms with E-state index in [1.54, 1.807) is 7.05 Å². The predicted octanol–water partition coefficient (Wildman–Crippen LogP) is 2.13. The first-order chi connectivity index (χ1) is 7.54. The summed E-state index contributed by atoms with van der Waals surface area (Å²) in [5.41, 5.74) is 3.23. The van der Waals surface area contributed by atoms with E-state index < -0.39 is 0 Å². The number of hydrogen-bond donors (Lipinski definition) is 3. The molecular formula is C9H9Cl2N3OS. The summed E-state index contributed by atoms with van der Waals surface area (Å²) >= 11 is 16.3. The van der Waals surface area contributed by atoms with E-state index in [1.807, 2.05) is 0 Å². The van der Waals surface area contributed by atoms with Crippen molar-refractivity contribution < 1.29 is 5.11 Å². The van der Waals surface area contributed by atoms with Gasteiger partial charge in [-0.25, -0.2) is 0 Å². The van der Waals surface area contributed by atoms with Crippen LogP contribution < -0.4 is 10.7 Å². The van der Waals surface area contributed by atoms with Crippen LogP contribution >= 0.6 is 35.4 Å². The van der Waals surface area contributed by atoms with E-state index in [9.17, 15) is 5.11 Å². The van der Waals surface area contributed by atoms with Gasteiger partial charge >= 0.3 is 0 Å². The van der Waals surface area contributed by atoms with Crippen LogP contribution in [0.3, 0.4) is 0 Å². The first kappa shape index (κ1) is 13.0. The van der Waals surface area contributed by atoms with Gasteiger partial charge in [0.2, 0.25) is 0 Å². The number of phenols is 1. The fourth-order valence-electron chi connectivity index (χ4n) is 0.881. The summed E-state index contributed by atoms with van der Waals surface area (Å²) in [5.74, 6) is -0.140. The Balaban J connectivity index is 2.78. The number of thiocarbonyl (C=S) groups is 1. The summed E-state index contributed by atoms with van der Waals surface area (Å²) in [6, 6.07) is 3.08. The Bertz CT molecular complexity index is 414. The lowest BCUT2D eigenvalue weighted by atomic mass is 10.2. The van der Waals surface area contributed by atoms with Crippen LogP contribution in [0.25, 0.3) is 0 Å². The predicted molar refractivity (Wildman–Crippen MR) is 70.5 cm³/mol. The quantitative estimate of drug-likeness (QED) is 0.440. The van der Waals surface area contributed by atoms with Crippen LogP contribution in [0.2, 0.25) is 10.0 Å². The minimum Gasteiger partial charge on any atom is -0.505 e. The summed E-state index contributed by atoms with van der Waals surface area (Å²) < 4.78 is 0. The minimum absolute atomic E-state index is 0.140. The van der Waals surface area contributed by atoms with Crippen LogP contribution in [0.4, 0.5) is 0 Å². The van der Waals surface area contributed by atoms with Gasteiger partial charge in [0.05, 0.1) is 16.3 Å². The van der Waals surface area contributed by atoms with Crippen molar-refractivity contribution in [2.24, 2.45) is 5.10 Å². The number of nitrogens with one attached hydrogen (secondary N) is 2. The van der Waals surface area contributed by atoms with Gasteiger partial charge in [-0.1, -0.05) is 23.2 Å². The fraction of sp³-hybridized carbons (Fsp3) is 0.111. The molecule has 4 nitrogen and oxygen atoms in total. The second-order valence-corrected chi connectivity index (χ2v) is 4.00. The van der Waals surface area contributed by atoms with Crippen LogP contribution in [-0.4, -0.2) is 23.5 Å². The standard InChI is InChI=1S/C9H9Cl2N3OS/c1-12-9(16)14-13-4-5-2-6(10)8(15)7(11)3-5/h2-4,15H,1H3,(H2,12,14,16)/b13-4+. The molecule has 3 N–H and O–H groups in total. The van der Waals surface area contributed by atoms with Crippen molar-refractivity contribution in [3.05, 3.63) is 27.7 Å². The van der Waals surface area contributed by atoms with Crippen LogP contribution in [0.1, 0.15) is 5.56 Å². The lowest BCUT2D eigenvalue weighted by molar-refractivity contribution is 0.476. The summed E-state index contributed by atoms with van der Waals surface area (Å²) in [7, 11) is 1.68. The van der Waals surface area contributed by atoms with E-state index in [0.29, 0.717) is 10.7 Å². The Morgan fingerprint density at radius 2 is 2.00 bits per heavy atom. The number of hydrazone groups is 1. The van der Waals surface area contributed by atoms with Gasteiger partial charge in [-0.05, 0) is 29.9 Å². The maximum atomic E-state index is 9.33. The molecule has 0 unspecified atom stereocenters. The Morgan fingerprint density at radius 1 is 1.44 bits per heavy atom. The third kappa shape index (κ3) is 3.52. The molecule has 0 atom stereocenters. The van der Waals surface area contributed by atoms with E-state index in [4.69, 9.17) is 35.4 Å². The van der Waals surface area contributed by atoms with Crippen LogP contribution in [0, 0.1) is 0 Å². The smallest absolute Gasteiger partial charge is 0.186 e. The summed E-state index contributed by atoms with van der Waals surface area (Å²) in [6.45, 7) is 0. The number of nitrogens with zero attached hydrogens (tertiary/aromatic N) is 1. The zero-order chi connectivity index (χ0) is 12.1. The largest absolute Gasteiger partial charge is 0.505 e. The Labute approximate surface area is 108 Å². The van der Waals surface area contributed by atoms with Crippen molar-refractivity contribution in [1.29, 1.82) is 0 Å². The number of benzene rings is 1. The highest BCUT2D eigenvalue weighted by molar-refractivity contribution is 7.80. The van der Waals surface area contributed by atoms with Crippen molar-refractivity contribution in [2.45, 2.75) is 0 Å². The van der Waals surface area contributed by atoms with E-state index >= 15 is 0 Å². The second-order valence-electron chi connectivity index (χ2n) is 2.78. The van der Waals surface area contributed by atoms with Gasteiger partial charge in [-0.3, -0.25) is 5.43 Å². The van der Waals surface area contributed by atoms with Crippen LogP contribution in [-0.2, 0) is 0 Å². The van der Waals surface area contributed by atoms with Crippen molar-refractivity contribution in [3.63, 3.8) is 0 Å². The summed E-state index contributed by atoms with van der Waals surface area (Å²) in [4.78, 5) is 0. The lowest BCUT2D eigenvalue weighted by Crippen LogP contribution is -2.28. The number of hydrogen-bond acceptors (Lipinski definition) is 3. The van der Waals surface area contributed by atoms with Crippen LogP contribution in [0.5, 0.6) is 5.75 Å². The van der Waals surface area contributed by atoms with E-state index in [2.05, 4.69) is 15.8 Å². The van der Waals surface area contributed by atoms with Crippen molar-refractivity contribution in [1.82, 2.24) is 10.7 Å². The average molecular weight is 278 g/mol. The molecule has 0 aliphatic heterocycles. The molecule has 0 saturated heterocycles. The Hall–Kier alpha value is -1.04. The maximum absolute atomic E-state index is 9.33. The normalized spacial score (nSPS) is 10.4. The van der Waals surface area contributed by atoms with Crippen molar-refractivity contribution in [3.8, 4) is 5.75 Å². The summed E-state index contributed by atoms with van der Waals surface area (Å²) in [6.07, 6.45) is 1.49. The molecule has 0 fully saturated rings. The third-order valence-corrected chi connectivity index (χ3v) is 2.52. The molecule has 1 aromatic carbocycles. The molecule has 0 spiro atoms. The van der Waals surface area contributed by atoms with Gasteiger partial charge in [-0.15, -0.1) is 0 Å². The number of rotatable bonds is 2. The van der Waals surface area contributed by atoms with Gasteiger partial charge in [0, 0.05) is 7.05 Å². The van der Waals surface area contributed by atoms with Gasteiger partial charge in [0.1, 0.15) is 0 Å². The zero-order valence-corrected chi connectivity index (χ0v) is 10.6. The van der Waals surface area contributed by atoms with Crippen LogP contribution in [0.15, 0.2) is 17.2 Å². The van der Waals surface area contributed by atoms with E-state index in [-0.39, 0.29) is 15.8 Å². The average Bonchev–Trinajstić information content (AvgIpc) is 2.25. The molecule has 0 radical (unpaired) electrons. The number of halogens is 2. The molecule has 1 aromatic rings. The summed E-state index contributed by atoms with van der Waals surface area (Å²) in [5, 5.41) is 16.6. The molecule has 16 heavy (non-hydrogen) atoms. The fourth-order valence-corrected chi connectivity index (χ4v) is 1.44. The first-order valence-electron chi connectivity index (χ1n) is 4.23. The first-order valence-corrected chi connectivity index (χ1v) is 5.40. The lowest BCUT2D eigenvalue weighted by Gasteiger charge is -2.02. The molecule has 0 aliphatic rings. The second kappa shape index (κ2) is 5.89. The maximum Gasteiger partial charge on any atom is 0.186 e. The minimum atomic E-state index is -0.140. The van der Waals surface area contributed by atoms with Crippen molar-refractivity contribution in [2.75, 3.05) is 7.05 Å². The van der Waals surface area contributed by atoms with E-state index in [0.717, 1.165) is 0 Å². The molecule has 0 bridgehead atoms. The highest BCUT2D eigenvalue weighted by Crippen LogP contribution is 2.32. The van der Waals surface area contributed by atoms with Crippen molar-refractivity contribution >= 4 is 46.7 Å². The number of aromatic hydroxyl groups is 1. The molecule has 0 aromatic heterocycles. The van der Waals surface area contributed by atoms with Gasteiger partial charge in [-0.2, -0.15) is 5.10 Å². The molecule has 0 aliphatic carbocycles. The highest BCUT2D eigenvalue weighted by atomic mass is 35.5. The molecular weight excluding hydrogens is 269 g/mol. The molecule has 0 heterocycles. The molecule has 0 amide bonds. The molecule has 0 saturated carbocycles. The van der Waals surface area contributed by atoms with Gasteiger partial charge in [0.25, 0.3) is 0 Å². The number of phenolic OH excluding ortho intramolecular Hbond substituents is 1. The monoisotopic (exact) mass is 277 g/mol. The van der Waals surface area contributed by atoms with Gasteiger partial charge < -0.3 is 10.4 Å². The molecule has 86 valence electrons. The SMILES string of the molecule is CNC(=S)N/N=C/c1cc(Cl)c(O)c(Cl)c1. The highest BCUT2D eigenvalue weighted by Gasteiger charge is 2.04. The van der Waals surface area contributed by atoms with Gasteiger partial charge in [0.15, 0.2) is 10.9 Å². The molecule has 7 heteroatoms. The third-order valence-electron chi connectivity index (χ3n) is 1.65. The Morgan fingerprint density at radius 3 is 2.50 bits per heavy atom. The zero-order valence-electron chi connectivity index (χ0n) is 8.29. The Kier molecular flexibility index (Phi) is 4.79. The van der Waals surface area contributed by atoms with E-state index in [1.165, 1.54) is 18.3 Å². The molecule has 1 rings (SSSR count). The topological polar surface area (TPSA) is 56.7 Å².